The van der Waals surface area contributed by atoms with Crippen molar-refractivity contribution in [1.82, 2.24) is 0 Å². The predicted molar refractivity (Wildman–Crippen MR) is 89.2 cm³/mol. The van der Waals surface area contributed by atoms with Crippen molar-refractivity contribution >= 4 is 40.9 Å². The van der Waals surface area contributed by atoms with Crippen LogP contribution in [0.4, 0.5) is 16.2 Å². The van der Waals surface area contributed by atoms with Gasteiger partial charge < -0.3 is 10.1 Å². The van der Waals surface area contributed by atoms with Crippen LogP contribution in [0, 0.1) is 0 Å². The number of nitrogens with zero attached hydrogens (tertiary/aromatic N) is 1. The molecule has 0 bridgehead atoms. The van der Waals surface area contributed by atoms with E-state index in [4.69, 9.17) is 11.6 Å². The Balaban J connectivity index is 1.98. The molecule has 0 saturated heterocycles. The minimum Gasteiger partial charge on any atom is -0.468 e. The highest BCUT2D eigenvalue weighted by Gasteiger charge is 2.45. The van der Waals surface area contributed by atoms with Crippen molar-refractivity contribution in [2.24, 2.45) is 0 Å². The smallest absolute Gasteiger partial charge is 0.333 e. The zero-order valence-electron chi connectivity index (χ0n) is 12.7. The van der Waals surface area contributed by atoms with Gasteiger partial charge in [0.15, 0.2) is 5.92 Å². The summed E-state index contributed by atoms with van der Waals surface area (Å²) < 4.78 is 4.69. The summed E-state index contributed by atoms with van der Waals surface area (Å²) in [6, 6.07) is 12.6. The lowest BCUT2D eigenvalue weighted by atomic mass is 10.0. The number of hydrogen-bond donors (Lipinski definition) is 1. The van der Waals surface area contributed by atoms with Gasteiger partial charge in [0.05, 0.1) is 12.8 Å². The molecule has 24 heavy (non-hydrogen) atoms. The maximum Gasteiger partial charge on any atom is 0.333 e. The van der Waals surface area contributed by atoms with Crippen LogP contribution in [0.15, 0.2) is 48.5 Å². The first-order chi connectivity index (χ1) is 11.5. The van der Waals surface area contributed by atoms with Gasteiger partial charge >= 0.3 is 12.0 Å². The molecule has 7 heteroatoms. The molecule has 1 atom stereocenters. The molecule has 1 unspecified atom stereocenters. The summed E-state index contributed by atoms with van der Waals surface area (Å²) in [6.45, 7) is 0. The topological polar surface area (TPSA) is 75.7 Å². The zero-order chi connectivity index (χ0) is 17.3. The van der Waals surface area contributed by atoms with Crippen molar-refractivity contribution in [3.63, 3.8) is 0 Å². The average molecular weight is 345 g/mol. The van der Waals surface area contributed by atoms with E-state index in [1.54, 1.807) is 36.4 Å². The summed E-state index contributed by atoms with van der Waals surface area (Å²) in [5.74, 6) is -2.61. The van der Waals surface area contributed by atoms with Gasteiger partial charge in [0.25, 0.3) is 5.91 Å². The Morgan fingerprint density at radius 2 is 1.88 bits per heavy atom. The first-order valence-electron chi connectivity index (χ1n) is 7.10. The first kappa shape index (κ1) is 16.0. The number of urea groups is 1. The minimum atomic E-state index is -1.20. The fraction of sp³-hybridized carbons (Fsp3) is 0.118. The summed E-state index contributed by atoms with van der Waals surface area (Å²) in [6.07, 6.45) is 0. The van der Waals surface area contributed by atoms with E-state index in [2.05, 4.69) is 10.1 Å². The van der Waals surface area contributed by atoms with E-state index in [-0.39, 0.29) is 0 Å². The van der Waals surface area contributed by atoms with Gasteiger partial charge in [-0.3, -0.25) is 9.59 Å². The van der Waals surface area contributed by atoms with Crippen molar-refractivity contribution in [3.8, 4) is 0 Å². The summed E-state index contributed by atoms with van der Waals surface area (Å²) in [7, 11) is 1.19. The molecular weight excluding hydrogens is 332 g/mol. The van der Waals surface area contributed by atoms with Crippen LogP contribution in [0.3, 0.4) is 0 Å². The third-order valence-corrected chi connectivity index (χ3v) is 3.91. The number of rotatable bonds is 2. The lowest BCUT2D eigenvalue weighted by molar-refractivity contribution is -0.145. The quantitative estimate of drug-likeness (QED) is 0.670. The van der Waals surface area contributed by atoms with Gasteiger partial charge in [-0.1, -0.05) is 29.8 Å². The van der Waals surface area contributed by atoms with Gasteiger partial charge in [0, 0.05) is 16.3 Å². The minimum absolute atomic E-state index is 0.313. The van der Waals surface area contributed by atoms with Crippen molar-refractivity contribution in [3.05, 3.63) is 59.1 Å². The van der Waals surface area contributed by atoms with E-state index in [0.29, 0.717) is 22.0 Å². The van der Waals surface area contributed by atoms with Gasteiger partial charge in [-0.15, -0.1) is 0 Å². The standard InChI is InChI=1S/C17H13ClN2O4/c1-24-16(22)14-12-9-10(18)7-8-13(12)20(15(14)21)17(23)19-11-5-3-2-4-6-11/h2-9,14H,1H3,(H,19,23). The van der Waals surface area contributed by atoms with Crippen LogP contribution in [0.1, 0.15) is 11.5 Å². The molecular formula is C17H13ClN2O4. The van der Waals surface area contributed by atoms with Crippen LogP contribution < -0.4 is 10.2 Å². The molecule has 122 valence electrons. The van der Waals surface area contributed by atoms with Crippen LogP contribution in [-0.2, 0) is 14.3 Å². The Hall–Kier alpha value is -2.86. The monoisotopic (exact) mass is 344 g/mol. The van der Waals surface area contributed by atoms with E-state index in [1.807, 2.05) is 0 Å². The van der Waals surface area contributed by atoms with E-state index in [0.717, 1.165) is 4.90 Å². The molecule has 2 aromatic carbocycles. The molecule has 3 amide bonds. The molecule has 1 heterocycles. The molecule has 0 aliphatic carbocycles. The number of amides is 3. The summed E-state index contributed by atoms with van der Waals surface area (Å²) in [5.41, 5.74) is 1.20. The molecule has 0 aromatic heterocycles. The van der Waals surface area contributed by atoms with Crippen molar-refractivity contribution in [2.75, 3.05) is 17.3 Å². The van der Waals surface area contributed by atoms with Crippen molar-refractivity contribution in [2.45, 2.75) is 5.92 Å². The number of hydrogen-bond acceptors (Lipinski definition) is 4. The number of fused-ring (bicyclic) bond motifs is 1. The largest absolute Gasteiger partial charge is 0.468 e. The highest BCUT2D eigenvalue weighted by atomic mass is 35.5. The molecule has 0 saturated carbocycles. The number of carbonyl (C=O) groups excluding carboxylic acids is 3. The van der Waals surface area contributed by atoms with Gasteiger partial charge in [-0.05, 0) is 30.3 Å². The number of ether oxygens (including phenoxy) is 1. The number of methoxy groups -OCH3 is 1. The molecule has 6 nitrogen and oxygen atoms in total. The number of anilines is 2. The van der Waals surface area contributed by atoms with Crippen LogP contribution >= 0.6 is 11.6 Å². The maximum absolute atomic E-state index is 12.6. The number of halogens is 1. The number of imide groups is 1. The Kier molecular flexibility index (Phi) is 4.22. The SMILES string of the molecule is COC(=O)C1C(=O)N(C(=O)Nc2ccccc2)c2ccc(Cl)cc21. The highest BCUT2D eigenvalue weighted by Crippen LogP contribution is 2.39. The molecule has 1 aliphatic rings. The second-order valence-electron chi connectivity index (χ2n) is 5.13. The molecule has 2 aromatic rings. The summed E-state index contributed by atoms with van der Waals surface area (Å²) >= 11 is 5.96. The number of carbonyl (C=O) groups is 3. The number of nitrogens with one attached hydrogen (secondary N) is 1. The third kappa shape index (κ3) is 2.72. The Labute approximate surface area is 143 Å². The maximum atomic E-state index is 12.6. The fourth-order valence-electron chi connectivity index (χ4n) is 2.60. The number of para-hydroxylation sites is 1. The lowest BCUT2D eigenvalue weighted by Gasteiger charge is -2.16. The molecule has 0 spiro atoms. The second kappa shape index (κ2) is 6.33. The van der Waals surface area contributed by atoms with Crippen LogP contribution in [0.5, 0.6) is 0 Å². The summed E-state index contributed by atoms with van der Waals surface area (Å²) in [4.78, 5) is 38.1. The fourth-order valence-corrected chi connectivity index (χ4v) is 2.78. The van der Waals surface area contributed by atoms with Crippen molar-refractivity contribution in [1.29, 1.82) is 0 Å². The van der Waals surface area contributed by atoms with Gasteiger partial charge in [-0.2, -0.15) is 0 Å². The highest BCUT2D eigenvalue weighted by molar-refractivity contribution is 6.32. The zero-order valence-corrected chi connectivity index (χ0v) is 13.4. The van der Waals surface area contributed by atoms with Gasteiger partial charge in [0.2, 0.25) is 0 Å². The Morgan fingerprint density at radius 1 is 1.17 bits per heavy atom. The number of benzene rings is 2. The van der Waals surface area contributed by atoms with E-state index in [9.17, 15) is 14.4 Å². The Morgan fingerprint density at radius 3 is 2.54 bits per heavy atom. The second-order valence-corrected chi connectivity index (χ2v) is 5.57. The van der Waals surface area contributed by atoms with E-state index < -0.39 is 23.8 Å². The van der Waals surface area contributed by atoms with Crippen LogP contribution in [0.25, 0.3) is 0 Å². The summed E-state index contributed by atoms with van der Waals surface area (Å²) in [5, 5.41) is 2.99. The molecule has 0 radical (unpaired) electrons. The molecule has 1 aliphatic heterocycles. The average Bonchev–Trinajstić information content (AvgIpc) is 2.86. The van der Waals surface area contributed by atoms with Crippen molar-refractivity contribution < 1.29 is 19.1 Å². The van der Waals surface area contributed by atoms with Gasteiger partial charge in [-0.25, -0.2) is 9.69 Å². The molecule has 3 rings (SSSR count). The lowest BCUT2D eigenvalue weighted by Crippen LogP contribution is -2.39. The normalized spacial score (nSPS) is 15.8. The first-order valence-corrected chi connectivity index (χ1v) is 7.48. The third-order valence-electron chi connectivity index (χ3n) is 3.67. The Bertz CT molecular complexity index is 823. The predicted octanol–water partition coefficient (Wildman–Crippen LogP) is 3.18. The molecule has 1 N–H and O–H groups in total. The molecule has 0 fully saturated rings. The van der Waals surface area contributed by atoms with E-state index >= 15 is 0 Å². The van der Waals surface area contributed by atoms with E-state index in [1.165, 1.54) is 19.2 Å². The van der Waals surface area contributed by atoms with Crippen LogP contribution in [-0.4, -0.2) is 25.0 Å². The van der Waals surface area contributed by atoms with Gasteiger partial charge in [0.1, 0.15) is 0 Å². The number of esters is 1. The van der Waals surface area contributed by atoms with Crippen LogP contribution in [0.2, 0.25) is 5.02 Å².